The number of amides is 1. The van der Waals surface area contributed by atoms with Gasteiger partial charge in [0.25, 0.3) is 17.9 Å². The van der Waals surface area contributed by atoms with Gasteiger partial charge in [0, 0.05) is 36.2 Å². The number of hydrogen-bond donors (Lipinski definition) is 2. The van der Waals surface area contributed by atoms with E-state index in [-0.39, 0.29) is 22.5 Å². The number of halogens is 4. The topological polar surface area (TPSA) is 113 Å². The van der Waals surface area contributed by atoms with E-state index < -0.39 is 60.7 Å². The van der Waals surface area contributed by atoms with Gasteiger partial charge in [-0.05, 0) is 30.3 Å². The number of amidine groups is 1. The number of rotatable bonds is 4. The highest BCUT2D eigenvalue weighted by molar-refractivity contribution is 6.02. The third-order valence-corrected chi connectivity index (χ3v) is 5.68. The van der Waals surface area contributed by atoms with Crippen LogP contribution in [-0.2, 0) is 10.3 Å². The maximum Gasteiger partial charge on any atom is 0.283 e. The minimum absolute atomic E-state index is 0.0149. The molecule has 4 rings (SSSR count). The Bertz CT molecular complexity index is 1130. The third-order valence-electron chi connectivity index (χ3n) is 5.68. The molecule has 1 amide bonds. The van der Waals surface area contributed by atoms with Gasteiger partial charge in [-0.2, -0.15) is 5.26 Å². The summed E-state index contributed by atoms with van der Waals surface area (Å²) in [5.41, 5.74) is 3.61. The molecule has 0 spiro atoms. The maximum absolute atomic E-state index is 14.8. The number of nitrogens with zero attached hydrogens (tertiary/aromatic N) is 3. The summed E-state index contributed by atoms with van der Waals surface area (Å²) < 4.78 is 62.7. The Labute approximate surface area is 179 Å². The number of ether oxygens (including phenoxy) is 1. The summed E-state index contributed by atoms with van der Waals surface area (Å²) >= 11 is 0. The fraction of sp³-hybridized carbons (Fsp3) is 0.333. The first-order chi connectivity index (χ1) is 15.2. The van der Waals surface area contributed by atoms with Gasteiger partial charge in [-0.25, -0.2) is 27.5 Å². The van der Waals surface area contributed by atoms with Crippen molar-refractivity contribution >= 4 is 17.6 Å². The van der Waals surface area contributed by atoms with Gasteiger partial charge in [0.2, 0.25) is 0 Å². The predicted octanol–water partition coefficient (Wildman–Crippen LogP) is 3.27. The van der Waals surface area contributed by atoms with E-state index in [1.165, 1.54) is 24.4 Å². The molecule has 0 unspecified atom stereocenters. The van der Waals surface area contributed by atoms with E-state index in [4.69, 9.17) is 15.7 Å². The number of anilines is 1. The summed E-state index contributed by atoms with van der Waals surface area (Å²) in [6.07, 6.45) is -1.34. The van der Waals surface area contributed by atoms with Crippen molar-refractivity contribution in [3.63, 3.8) is 0 Å². The minimum atomic E-state index is -3.14. The molecule has 7 nitrogen and oxygen atoms in total. The number of hydrogen-bond acceptors (Lipinski definition) is 6. The van der Waals surface area contributed by atoms with Gasteiger partial charge in [0.1, 0.15) is 35.9 Å². The zero-order valence-corrected chi connectivity index (χ0v) is 16.5. The number of carbonyl (C=O) groups is 1. The number of fused-ring (bicyclic) bond motifs is 1. The number of carbonyl (C=O) groups excluding carboxylic acids is 1. The molecule has 2 heterocycles. The first-order valence-electron chi connectivity index (χ1n) is 9.61. The van der Waals surface area contributed by atoms with Crippen molar-refractivity contribution in [2.24, 2.45) is 16.6 Å². The molecule has 2 aliphatic rings. The third kappa shape index (κ3) is 3.72. The van der Waals surface area contributed by atoms with Gasteiger partial charge in [-0.1, -0.05) is 0 Å². The average Bonchev–Trinajstić information content (AvgIpc) is 3.08. The number of aromatic nitrogens is 1. The molecule has 1 aromatic heterocycles. The average molecular weight is 447 g/mol. The van der Waals surface area contributed by atoms with E-state index in [1.807, 2.05) is 6.07 Å². The van der Waals surface area contributed by atoms with Crippen LogP contribution in [0.3, 0.4) is 0 Å². The maximum atomic E-state index is 14.8. The van der Waals surface area contributed by atoms with Crippen molar-refractivity contribution in [3.8, 4) is 6.07 Å². The SMILES string of the molecule is N#Cc1ccc(C(=O)Nc2ccc(F)c([C@@]3(CF)N=C(N)O[C@@H]4CC(F)(F)C[C@@H]43)c2)nc1. The lowest BCUT2D eigenvalue weighted by Gasteiger charge is -2.40. The lowest BCUT2D eigenvalue weighted by molar-refractivity contribution is -0.00299. The van der Waals surface area contributed by atoms with Gasteiger partial charge >= 0.3 is 0 Å². The summed E-state index contributed by atoms with van der Waals surface area (Å²) in [5.74, 6) is -5.85. The highest BCUT2D eigenvalue weighted by Crippen LogP contribution is 2.53. The second-order valence-corrected chi connectivity index (χ2v) is 7.73. The van der Waals surface area contributed by atoms with Crippen LogP contribution < -0.4 is 11.1 Å². The summed E-state index contributed by atoms with van der Waals surface area (Å²) in [6.45, 7) is -1.29. The molecule has 1 aromatic carbocycles. The van der Waals surface area contributed by atoms with Crippen molar-refractivity contribution in [1.29, 1.82) is 5.26 Å². The van der Waals surface area contributed by atoms with Crippen LogP contribution in [0.2, 0.25) is 0 Å². The second-order valence-electron chi connectivity index (χ2n) is 7.73. The number of nitrogens with one attached hydrogen (secondary N) is 1. The molecular formula is C21H17F4N5O2. The summed E-state index contributed by atoms with van der Waals surface area (Å²) in [4.78, 5) is 20.3. The minimum Gasteiger partial charge on any atom is -0.461 e. The molecule has 1 aliphatic heterocycles. The number of benzene rings is 1. The Morgan fingerprint density at radius 3 is 2.75 bits per heavy atom. The predicted molar refractivity (Wildman–Crippen MR) is 105 cm³/mol. The van der Waals surface area contributed by atoms with Gasteiger partial charge in [-0.3, -0.25) is 4.79 Å². The standard InChI is InChI=1S/C21H17F4N5O2/c22-10-21(14-6-20(24,25)7-17(14)32-19(27)30-21)13-5-12(2-3-15(13)23)29-18(31)16-4-1-11(8-26)9-28-16/h1-5,9,14,17H,6-7,10H2,(H2,27,30)(H,29,31)/t14-,17+,21+/m0/s1. The summed E-state index contributed by atoms with van der Waals surface area (Å²) in [7, 11) is 0. The molecule has 1 aliphatic carbocycles. The highest BCUT2D eigenvalue weighted by Gasteiger charge is 2.60. The Kier molecular flexibility index (Phi) is 5.24. The zero-order chi connectivity index (χ0) is 23.1. The highest BCUT2D eigenvalue weighted by atomic mass is 19.3. The molecule has 2 aromatic rings. The van der Waals surface area contributed by atoms with Crippen LogP contribution in [0.4, 0.5) is 23.2 Å². The van der Waals surface area contributed by atoms with Crippen molar-refractivity contribution in [2.45, 2.75) is 30.4 Å². The second kappa shape index (κ2) is 7.78. The smallest absolute Gasteiger partial charge is 0.283 e. The number of pyridine rings is 1. The van der Waals surface area contributed by atoms with Crippen molar-refractivity contribution in [3.05, 3.63) is 59.2 Å². The number of nitrogens with two attached hydrogens (primary N) is 1. The van der Waals surface area contributed by atoms with Crippen LogP contribution in [-0.4, -0.2) is 35.6 Å². The Hall–Kier alpha value is -3.68. The number of nitriles is 1. The molecule has 0 radical (unpaired) electrons. The van der Waals surface area contributed by atoms with Crippen LogP contribution in [0, 0.1) is 23.1 Å². The van der Waals surface area contributed by atoms with Gasteiger partial charge in [0.15, 0.2) is 0 Å². The Morgan fingerprint density at radius 2 is 2.09 bits per heavy atom. The lowest BCUT2D eigenvalue weighted by atomic mass is 9.76. The molecule has 11 heteroatoms. The van der Waals surface area contributed by atoms with Gasteiger partial charge in [-0.15, -0.1) is 0 Å². The van der Waals surface area contributed by atoms with Gasteiger partial charge in [0.05, 0.1) is 5.56 Å². The molecule has 166 valence electrons. The van der Waals surface area contributed by atoms with Gasteiger partial charge < -0.3 is 15.8 Å². The van der Waals surface area contributed by atoms with Crippen molar-refractivity contribution < 1.29 is 27.1 Å². The first-order valence-corrected chi connectivity index (χ1v) is 9.61. The van der Waals surface area contributed by atoms with Crippen LogP contribution in [0.1, 0.15) is 34.5 Å². The van der Waals surface area contributed by atoms with Crippen molar-refractivity contribution in [1.82, 2.24) is 4.98 Å². The van der Waals surface area contributed by atoms with Crippen LogP contribution >= 0.6 is 0 Å². The molecule has 1 saturated carbocycles. The van der Waals surface area contributed by atoms with E-state index in [0.29, 0.717) is 0 Å². The normalized spacial score (nSPS) is 25.8. The fourth-order valence-electron chi connectivity index (χ4n) is 4.22. The Balaban J connectivity index is 1.70. The van der Waals surface area contributed by atoms with E-state index in [9.17, 15) is 22.4 Å². The van der Waals surface area contributed by atoms with Crippen LogP contribution in [0.5, 0.6) is 0 Å². The van der Waals surface area contributed by atoms with Crippen LogP contribution in [0.15, 0.2) is 41.5 Å². The monoisotopic (exact) mass is 447 g/mol. The molecule has 1 fully saturated rings. The summed E-state index contributed by atoms with van der Waals surface area (Å²) in [6, 6.07) is 7.46. The first kappa shape index (κ1) is 21.5. The molecule has 0 saturated heterocycles. The summed E-state index contributed by atoms with van der Waals surface area (Å²) in [5, 5.41) is 11.3. The zero-order valence-electron chi connectivity index (χ0n) is 16.5. The molecule has 32 heavy (non-hydrogen) atoms. The number of aliphatic imine (C=N–C) groups is 1. The molecular weight excluding hydrogens is 430 g/mol. The largest absolute Gasteiger partial charge is 0.461 e. The molecule has 3 N–H and O–H groups in total. The lowest BCUT2D eigenvalue weighted by Crippen LogP contribution is -2.48. The van der Waals surface area contributed by atoms with Crippen LogP contribution in [0.25, 0.3) is 0 Å². The van der Waals surface area contributed by atoms with E-state index >= 15 is 0 Å². The van der Waals surface area contributed by atoms with E-state index in [2.05, 4.69) is 15.3 Å². The number of alkyl halides is 3. The fourth-order valence-corrected chi connectivity index (χ4v) is 4.22. The molecule has 0 bridgehead atoms. The molecule has 3 atom stereocenters. The van der Waals surface area contributed by atoms with E-state index in [0.717, 1.165) is 12.1 Å². The quantitative estimate of drug-likeness (QED) is 0.699. The van der Waals surface area contributed by atoms with Crippen molar-refractivity contribution in [2.75, 3.05) is 12.0 Å². The Morgan fingerprint density at radius 1 is 1.31 bits per heavy atom. The van der Waals surface area contributed by atoms with E-state index in [1.54, 1.807) is 0 Å².